The van der Waals surface area contributed by atoms with Gasteiger partial charge in [-0.15, -0.1) is 11.8 Å². The quantitative estimate of drug-likeness (QED) is 0.705. The van der Waals surface area contributed by atoms with Crippen LogP contribution in [0.15, 0.2) is 30.3 Å². The summed E-state index contributed by atoms with van der Waals surface area (Å²) in [6.45, 7) is 7.47. The molecule has 1 rings (SSSR count). The Hall–Kier alpha value is -1.30. The Bertz CT molecular complexity index is 462. The predicted molar refractivity (Wildman–Crippen MR) is 91.5 cm³/mol. The van der Waals surface area contributed by atoms with Crippen molar-refractivity contribution in [3.8, 4) is 0 Å². The number of nitrogens with two attached hydrogens (primary N) is 2. The molecule has 118 valence electrons. The van der Waals surface area contributed by atoms with Crippen molar-refractivity contribution < 1.29 is 9.90 Å². The summed E-state index contributed by atoms with van der Waals surface area (Å²) in [5.74, 6) is 0.0564. The second kappa shape index (κ2) is 9.60. The standard InChI is InChI=1S/C14H20N2O2S.C2H6/c1-14(2,18)11-5-3-10(4-6-11)12(19-9-15)7-8-13(16)17;1-2/h3-7,18H,8-9,15H2,1-2H3,(H2,16,17);1-2H3/b12-7-;. The van der Waals surface area contributed by atoms with Crippen molar-refractivity contribution in [2.24, 2.45) is 11.5 Å². The van der Waals surface area contributed by atoms with Gasteiger partial charge in [-0.05, 0) is 25.0 Å². The lowest BCUT2D eigenvalue weighted by Gasteiger charge is -2.18. The Kier molecular flexibility index (Phi) is 9.01. The third kappa shape index (κ3) is 7.32. The van der Waals surface area contributed by atoms with Crippen LogP contribution in [0.4, 0.5) is 0 Å². The van der Waals surface area contributed by atoms with Gasteiger partial charge in [0.05, 0.1) is 5.60 Å². The van der Waals surface area contributed by atoms with Gasteiger partial charge in [-0.1, -0.05) is 44.2 Å². The molecule has 0 bridgehead atoms. The van der Waals surface area contributed by atoms with Crippen molar-refractivity contribution in [1.29, 1.82) is 0 Å². The lowest BCUT2D eigenvalue weighted by atomic mass is 9.97. The zero-order valence-corrected chi connectivity index (χ0v) is 14.0. The van der Waals surface area contributed by atoms with Crippen LogP contribution in [0.3, 0.4) is 0 Å². The maximum atomic E-state index is 10.8. The normalized spacial score (nSPS) is 11.6. The zero-order chi connectivity index (χ0) is 16.5. The van der Waals surface area contributed by atoms with Gasteiger partial charge in [-0.2, -0.15) is 0 Å². The Balaban J connectivity index is 0.00000191. The van der Waals surface area contributed by atoms with Crippen LogP contribution in [-0.4, -0.2) is 16.9 Å². The first-order valence-corrected chi connectivity index (χ1v) is 7.97. The van der Waals surface area contributed by atoms with Crippen LogP contribution in [0.5, 0.6) is 0 Å². The summed E-state index contributed by atoms with van der Waals surface area (Å²) in [5, 5.41) is 9.90. The molecule has 0 unspecified atom stereocenters. The molecule has 0 aliphatic heterocycles. The van der Waals surface area contributed by atoms with Gasteiger partial charge in [0, 0.05) is 17.2 Å². The highest BCUT2D eigenvalue weighted by molar-refractivity contribution is 8.08. The van der Waals surface area contributed by atoms with Gasteiger partial charge in [0.15, 0.2) is 0 Å². The highest BCUT2D eigenvalue weighted by Crippen LogP contribution is 2.29. The molecule has 5 N–H and O–H groups in total. The molecule has 1 amide bonds. The Morgan fingerprint density at radius 2 is 1.81 bits per heavy atom. The van der Waals surface area contributed by atoms with E-state index in [0.29, 0.717) is 5.88 Å². The van der Waals surface area contributed by atoms with E-state index in [1.807, 2.05) is 38.1 Å². The largest absolute Gasteiger partial charge is 0.386 e. The van der Waals surface area contributed by atoms with Gasteiger partial charge < -0.3 is 16.6 Å². The second-order valence-electron chi connectivity index (χ2n) is 4.69. The van der Waals surface area contributed by atoms with Crippen molar-refractivity contribution in [2.75, 3.05) is 5.88 Å². The third-order valence-corrected chi connectivity index (χ3v) is 3.48. The fraction of sp³-hybridized carbons (Fsp3) is 0.438. The number of carbonyl (C=O) groups is 1. The molecule has 0 saturated carbocycles. The van der Waals surface area contributed by atoms with Gasteiger partial charge in [0.25, 0.3) is 0 Å². The molecule has 5 heteroatoms. The molecule has 0 fully saturated rings. The molecule has 0 aliphatic carbocycles. The van der Waals surface area contributed by atoms with E-state index in [1.165, 1.54) is 11.8 Å². The van der Waals surface area contributed by atoms with Gasteiger partial charge in [-0.25, -0.2) is 0 Å². The average molecular weight is 310 g/mol. The molecule has 0 spiro atoms. The smallest absolute Gasteiger partial charge is 0.221 e. The van der Waals surface area contributed by atoms with E-state index in [9.17, 15) is 9.90 Å². The first-order chi connectivity index (χ1) is 9.84. The van der Waals surface area contributed by atoms with E-state index in [0.717, 1.165) is 16.0 Å². The molecular weight excluding hydrogens is 284 g/mol. The number of hydrogen-bond acceptors (Lipinski definition) is 4. The van der Waals surface area contributed by atoms with Crippen LogP contribution in [0.2, 0.25) is 0 Å². The number of benzene rings is 1. The van der Waals surface area contributed by atoms with Gasteiger partial charge in [0.2, 0.25) is 5.91 Å². The highest BCUT2D eigenvalue weighted by Gasteiger charge is 2.15. The highest BCUT2D eigenvalue weighted by atomic mass is 32.2. The fourth-order valence-electron chi connectivity index (χ4n) is 1.59. The van der Waals surface area contributed by atoms with E-state index in [1.54, 1.807) is 19.9 Å². The molecule has 0 aliphatic rings. The maximum absolute atomic E-state index is 10.8. The predicted octanol–water partition coefficient (Wildman–Crippen LogP) is 2.81. The van der Waals surface area contributed by atoms with Crippen LogP contribution in [0.1, 0.15) is 45.2 Å². The summed E-state index contributed by atoms with van der Waals surface area (Å²) in [7, 11) is 0. The molecule has 4 nitrogen and oxygen atoms in total. The molecule has 0 heterocycles. The van der Waals surface area contributed by atoms with Crippen LogP contribution in [0, 0.1) is 0 Å². The SMILES string of the molecule is CC.CC(C)(O)c1ccc(/C(=C/CC(N)=O)SCN)cc1. The molecule has 0 saturated heterocycles. The molecule has 21 heavy (non-hydrogen) atoms. The summed E-state index contributed by atoms with van der Waals surface area (Å²) in [6, 6.07) is 7.54. The molecule has 1 aromatic carbocycles. The van der Waals surface area contributed by atoms with Crippen LogP contribution in [0.25, 0.3) is 4.91 Å². The zero-order valence-electron chi connectivity index (χ0n) is 13.2. The minimum atomic E-state index is -0.864. The maximum Gasteiger partial charge on any atom is 0.221 e. The summed E-state index contributed by atoms with van der Waals surface area (Å²) in [4.78, 5) is 11.7. The van der Waals surface area contributed by atoms with Crippen molar-refractivity contribution in [1.82, 2.24) is 0 Å². The van der Waals surface area contributed by atoms with Crippen molar-refractivity contribution in [2.45, 2.75) is 39.7 Å². The summed E-state index contributed by atoms with van der Waals surface area (Å²) in [5.41, 5.74) is 11.6. The van der Waals surface area contributed by atoms with Crippen molar-refractivity contribution in [3.05, 3.63) is 41.5 Å². The lowest BCUT2D eigenvalue weighted by molar-refractivity contribution is -0.117. The van der Waals surface area contributed by atoms with Crippen LogP contribution in [-0.2, 0) is 10.4 Å². The fourth-order valence-corrected chi connectivity index (χ4v) is 2.27. The number of rotatable bonds is 6. The van der Waals surface area contributed by atoms with Crippen molar-refractivity contribution in [3.63, 3.8) is 0 Å². The Morgan fingerprint density at radius 3 is 2.19 bits per heavy atom. The van der Waals surface area contributed by atoms with Crippen LogP contribution < -0.4 is 11.5 Å². The lowest BCUT2D eigenvalue weighted by Crippen LogP contribution is -2.15. The van der Waals surface area contributed by atoms with E-state index < -0.39 is 5.60 Å². The minimum absolute atomic E-state index is 0.190. The van der Waals surface area contributed by atoms with Gasteiger partial charge in [0.1, 0.15) is 0 Å². The molecule has 0 aromatic heterocycles. The summed E-state index contributed by atoms with van der Waals surface area (Å²) >= 11 is 1.45. The average Bonchev–Trinajstić information content (AvgIpc) is 2.44. The first kappa shape index (κ1) is 19.7. The number of amides is 1. The summed E-state index contributed by atoms with van der Waals surface area (Å²) < 4.78 is 0. The molecule has 1 aromatic rings. The van der Waals surface area contributed by atoms with Gasteiger partial charge >= 0.3 is 0 Å². The Labute approximate surface area is 131 Å². The number of primary amides is 1. The first-order valence-electron chi connectivity index (χ1n) is 6.99. The van der Waals surface area contributed by atoms with E-state index in [4.69, 9.17) is 11.5 Å². The number of aliphatic hydroxyl groups is 1. The summed E-state index contributed by atoms with van der Waals surface area (Å²) in [6.07, 6.45) is 1.97. The minimum Gasteiger partial charge on any atom is -0.386 e. The number of carbonyl (C=O) groups excluding carboxylic acids is 1. The van der Waals surface area contributed by atoms with Gasteiger partial charge in [-0.3, -0.25) is 4.79 Å². The van der Waals surface area contributed by atoms with Crippen LogP contribution >= 0.6 is 11.8 Å². The number of hydrogen-bond donors (Lipinski definition) is 3. The van der Waals surface area contributed by atoms with E-state index in [-0.39, 0.29) is 12.3 Å². The molecule has 0 radical (unpaired) electrons. The Morgan fingerprint density at radius 1 is 1.29 bits per heavy atom. The van der Waals surface area contributed by atoms with E-state index in [2.05, 4.69) is 0 Å². The molecule has 0 atom stereocenters. The number of thioether (sulfide) groups is 1. The monoisotopic (exact) mass is 310 g/mol. The second-order valence-corrected chi connectivity index (χ2v) is 5.75. The molecular formula is C16H26N2O2S. The van der Waals surface area contributed by atoms with Crippen molar-refractivity contribution >= 4 is 22.6 Å². The third-order valence-electron chi connectivity index (χ3n) is 2.60. The topological polar surface area (TPSA) is 89.3 Å². The van der Waals surface area contributed by atoms with E-state index >= 15 is 0 Å².